The summed E-state index contributed by atoms with van der Waals surface area (Å²) in [5.74, 6) is 1.17. The highest BCUT2D eigenvalue weighted by Crippen LogP contribution is 2.08. The summed E-state index contributed by atoms with van der Waals surface area (Å²) in [5, 5.41) is 0. The van der Waals surface area contributed by atoms with Crippen LogP contribution in [-0.4, -0.2) is 27.0 Å². The molecule has 114 valence electrons. The zero-order valence-electron chi connectivity index (χ0n) is 12.0. The fourth-order valence-corrected chi connectivity index (χ4v) is 3.50. The molecule has 0 heterocycles. The Hall–Kier alpha value is -0.560. The van der Waals surface area contributed by atoms with Crippen LogP contribution in [0.25, 0.3) is 0 Å². The van der Waals surface area contributed by atoms with E-state index in [9.17, 15) is 8.42 Å². The molecule has 1 aromatic rings. The van der Waals surface area contributed by atoms with Crippen LogP contribution in [-0.2, 0) is 22.3 Å². The van der Waals surface area contributed by atoms with Crippen LogP contribution in [0.3, 0.4) is 0 Å². The second-order valence-electron chi connectivity index (χ2n) is 4.73. The molecule has 0 amide bonds. The molecule has 0 fully saturated rings. The van der Waals surface area contributed by atoms with Crippen LogP contribution in [0.4, 0.5) is 0 Å². The molecule has 1 aromatic carbocycles. The van der Waals surface area contributed by atoms with Crippen molar-refractivity contribution >= 4 is 21.8 Å². The molecule has 3 N–H and O–H groups in total. The number of rotatable bonds is 10. The van der Waals surface area contributed by atoms with E-state index in [1.54, 1.807) is 0 Å². The summed E-state index contributed by atoms with van der Waals surface area (Å²) in [7, 11) is -3.23. The lowest BCUT2D eigenvalue weighted by atomic mass is 10.1. The predicted octanol–water partition coefficient (Wildman–Crippen LogP) is 2.10. The van der Waals surface area contributed by atoms with E-state index < -0.39 is 10.0 Å². The van der Waals surface area contributed by atoms with Gasteiger partial charge in [0.2, 0.25) is 10.0 Å². The van der Waals surface area contributed by atoms with Gasteiger partial charge in [-0.1, -0.05) is 30.7 Å². The Morgan fingerprint density at radius 2 is 1.75 bits per heavy atom. The van der Waals surface area contributed by atoms with Crippen molar-refractivity contribution < 1.29 is 8.42 Å². The SMILES string of the molecule is CSCCCCCNS(=O)(=O)Cc1ccc(CN)cc1. The average Bonchev–Trinajstić information content (AvgIpc) is 2.43. The normalized spacial score (nSPS) is 11.7. The molecule has 20 heavy (non-hydrogen) atoms. The van der Waals surface area contributed by atoms with Crippen LogP contribution < -0.4 is 10.5 Å². The standard InChI is InChI=1S/C14H24N2O2S2/c1-19-10-4-2-3-9-16-20(17,18)12-14-7-5-13(11-15)6-8-14/h5-8,16H,2-4,9-12,15H2,1H3. The molecular weight excluding hydrogens is 292 g/mol. The van der Waals surface area contributed by atoms with Crippen molar-refractivity contribution in [2.45, 2.75) is 31.6 Å². The Labute approximate surface area is 126 Å². The van der Waals surface area contributed by atoms with E-state index in [2.05, 4.69) is 11.0 Å². The van der Waals surface area contributed by atoms with Crippen LogP contribution in [0.5, 0.6) is 0 Å². The monoisotopic (exact) mass is 316 g/mol. The fraction of sp³-hybridized carbons (Fsp3) is 0.571. The summed E-state index contributed by atoms with van der Waals surface area (Å²) in [6.07, 6.45) is 5.18. The highest BCUT2D eigenvalue weighted by Gasteiger charge is 2.10. The average molecular weight is 316 g/mol. The number of hydrogen-bond donors (Lipinski definition) is 2. The van der Waals surface area contributed by atoms with Gasteiger partial charge in [0.25, 0.3) is 0 Å². The molecule has 0 radical (unpaired) electrons. The minimum absolute atomic E-state index is 0.0304. The molecular formula is C14H24N2O2S2. The lowest BCUT2D eigenvalue weighted by Crippen LogP contribution is -2.26. The summed E-state index contributed by atoms with van der Waals surface area (Å²) in [5.41, 5.74) is 7.31. The molecule has 0 aliphatic heterocycles. The molecule has 4 nitrogen and oxygen atoms in total. The summed E-state index contributed by atoms with van der Waals surface area (Å²) < 4.78 is 26.5. The van der Waals surface area contributed by atoms with Crippen LogP contribution in [0.1, 0.15) is 30.4 Å². The Balaban J connectivity index is 2.33. The van der Waals surface area contributed by atoms with Crippen molar-refractivity contribution in [1.82, 2.24) is 4.72 Å². The highest BCUT2D eigenvalue weighted by molar-refractivity contribution is 7.98. The lowest BCUT2D eigenvalue weighted by Gasteiger charge is -2.07. The van der Waals surface area contributed by atoms with E-state index in [1.165, 1.54) is 0 Å². The Morgan fingerprint density at radius 3 is 2.35 bits per heavy atom. The van der Waals surface area contributed by atoms with Gasteiger partial charge in [-0.05, 0) is 36.0 Å². The number of thioether (sulfide) groups is 1. The van der Waals surface area contributed by atoms with Gasteiger partial charge in [-0.25, -0.2) is 13.1 Å². The largest absolute Gasteiger partial charge is 0.326 e. The summed E-state index contributed by atoms with van der Waals surface area (Å²) in [6.45, 7) is 0.999. The van der Waals surface area contributed by atoms with Gasteiger partial charge in [-0.2, -0.15) is 11.8 Å². The third-order valence-electron chi connectivity index (χ3n) is 2.96. The molecule has 0 spiro atoms. The van der Waals surface area contributed by atoms with Crippen molar-refractivity contribution in [3.63, 3.8) is 0 Å². The molecule has 0 aliphatic rings. The topological polar surface area (TPSA) is 72.2 Å². The first-order valence-electron chi connectivity index (χ1n) is 6.81. The van der Waals surface area contributed by atoms with Gasteiger partial charge in [0, 0.05) is 13.1 Å². The maximum Gasteiger partial charge on any atom is 0.215 e. The van der Waals surface area contributed by atoms with Crippen molar-refractivity contribution in [2.75, 3.05) is 18.6 Å². The second kappa shape index (κ2) is 9.39. The molecule has 6 heteroatoms. The third-order valence-corrected chi connectivity index (χ3v) is 5.02. The zero-order valence-corrected chi connectivity index (χ0v) is 13.6. The van der Waals surface area contributed by atoms with Crippen LogP contribution >= 0.6 is 11.8 Å². The minimum Gasteiger partial charge on any atom is -0.326 e. The Morgan fingerprint density at radius 1 is 1.10 bits per heavy atom. The number of nitrogens with one attached hydrogen (secondary N) is 1. The molecule has 0 aromatic heterocycles. The van der Waals surface area contributed by atoms with Crippen LogP contribution in [0, 0.1) is 0 Å². The number of unbranched alkanes of at least 4 members (excludes halogenated alkanes) is 2. The first-order valence-corrected chi connectivity index (χ1v) is 9.86. The van der Waals surface area contributed by atoms with Gasteiger partial charge >= 0.3 is 0 Å². The first-order chi connectivity index (χ1) is 9.57. The lowest BCUT2D eigenvalue weighted by molar-refractivity contribution is 0.575. The molecule has 0 saturated heterocycles. The van der Waals surface area contributed by atoms with Gasteiger partial charge in [-0.15, -0.1) is 0 Å². The fourth-order valence-electron chi connectivity index (χ4n) is 1.82. The van der Waals surface area contributed by atoms with Crippen molar-refractivity contribution in [3.05, 3.63) is 35.4 Å². The van der Waals surface area contributed by atoms with E-state index in [-0.39, 0.29) is 5.75 Å². The van der Waals surface area contributed by atoms with Crippen molar-refractivity contribution in [2.24, 2.45) is 5.73 Å². The first kappa shape index (κ1) is 17.5. The molecule has 0 aliphatic carbocycles. The summed E-state index contributed by atoms with van der Waals surface area (Å²) >= 11 is 1.82. The van der Waals surface area contributed by atoms with Crippen molar-refractivity contribution in [1.29, 1.82) is 0 Å². The van der Waals surface area contributed by atoms with Crippen LogP contribution in [0.2, 0.25) is 0 Å². The summed E-state index contributed by atoms with van der Waals surface area (Å²) in [6, 6.07) is 7.38. The number of benzene rings is 1. The zero-order chi connectivity index (χ0) is 14.8. The third kappa shape index (κ3) is 7.28. The van der Waals surface area contributed by atoms with Gasteiger partial charge in [-0.3, -0.25) is 0 Å². The second-order valence-corrected chi connectivity index (χ2v) is 7.52. The molecule has 0 saturated carbocycles. The van der Waals surface area contributed by atoms with E-state index in [1.807, 2.05) is 36.0 Å². The van der Waals surface area contributed by atoms with E-state index in [0.29, 0.717) is 13.1 Å². The molecule has 0 bridgehead atoms. The Bertz CT molecular complexity index is 472. The van der Waals surface area contributed by atoms with Gasteiger partial charge < -0.3 is 5.73 Å². The quantitative estimate of drug-likeness (QED) is 0.648. The van der Waals surface area contributed by atoms with Gasteiger partial charge in [0.15, 0.2) is 0 Å². The maximum atomic E-state index is 11.9. The predicted molar refractivity (Wildman–Crippen MR) is 87.2 cm³/mol. The van der Waals surface area contributed by atoms with E-state index in [4.69, 9.17) is 5.73 Å². The van der Waals surface area contributed by atoms with E-state index >= 15 is 0 Å². The smallest absolute Gasteiger partial charge is 0.215 e. The molecule has 1 rings (SSSR count). The van der Waals surface area contributed by atoms with Crippen LogP contribution in [0.15, 0.2) is 24.3 Å². The Kier molecular flexibility index (Phi) is 8.21. The maximum absolute atomic E-state index is 11.9. The molecule has 0 unspecified atom stereocenters. The number of hydrogen-bond acceptors (Lipinski definition) is 4. The van der Waals surface area contributed by atoms with E-state index in [0.717, 1.165) is 36.1 Å². The van der Waals surface area contributed by atoms with Crippen molar-refractivity contribution in [3.8, 4) is 0 Å². The number of nitrogens with two attached hydrogens (primary N) is 1. The highest BCUT2D eigenvalue weighted by atomic mass is 32.2. The molecule has 0 atom stereocenters. The number of sulfonamides is 1. The summed E-state index contributed by atoms with van der Waals surface area (Å²) in [4.78, 5) is 0. The van der Waals surface area contributed by atoms with Gasteiger partial charge in [0.1, 0.15) is 0 Å². The van der Waals surface area contributed by atoms with Gasteiger partial charge in [0.05, 0.1) is 5.75 Å². The minimum atomic E-state index is -3.23.